The molecule has 3 fully saturated rings. The minimum Gasteiger partial charge on any atom is -0.272 e. The van der Waals surface area contributed by atoms with E-state index in [1.165, 1.54) is 24.3 Å². The van der Waals surface area contributed by atoms with Gasteiger partial charge in [0.25, 0.3) is 23.4 Å². The number of nitrogens with zero attached hydrogens (tertiary/aromatic N) is 3. The maximum Gasteiger partial charge on any atom is 0.273 e. The van der Waals surface area contributed by atoms with Crippen molar-refractivity contribution in [3.05, 3.63) is 73.8 Å². The third kappa shape index (κ3) is 3.98. The Hall–Kier alpha value is -2.01. The van der Waals surface area contributed by atoms with Gasteiger partial charge < -0.3 is 0 Å². The van der Waals surface area contributed by atoms with Crippen LogP contribution in [-0.4, -0.2) is 42.3 Å². The van der Waals surface area contributed by atoms with E-state index in [2.05, 4.69) is 31.9 Å². The Morgan fingerprint density at radius 2 is 1.69 bits per heavy atom. The molecular weight excluding hydrogens is 629 g/mol. The average molecular weight is 646 g/mol. The third-order valence-electron chi connectivity index (χ3n) is 7.08. The first-order valence-electron chi connectivity index (χ1n) is 10.8. The van der Waals surface area contributed by atoms with Crippen LogP contribution in [0.15, 0.2) is 42.5 Å². The molecule has 2 aromatic rings. The molecule has 5 rings (SSSR count). The summed E-state index contributed by atoms with van der Waals surface area (Å²) in [6, 6.07) is 9.87. The van der Waals surface area contributed by atoms with Crippen LogP contribution in [0.1, 0.15) is 22.3 Å². The van der Waals surface area contributed by atoms with Crippen LogP contribution in [0, 0.1) is 33.8 Å². The van der Waals surface area contributed by atoms with Crippen molar-refractivity contribution in [2.75, 3.05) is 0 Å². The summed E-state index contributed by atoms with van der Waals surface area (Å²) in [5.41, 5.74) is 0.160. The minimum absolute atomic E-state index is 0.0262. The fourth-order valence-electron chi connectivity index (χ4n) is 5.52. The van der Waals surface area contributed by atoms with E-state index in [0.717, 1.165) is 22.5 Å². The number of alkyl halides is 2. The Bertz CT molecular complexity index is 1250. The molecule has 3 amide bonds. The Morgan fingerprint density at radius 3 is 2.26 bits per heavy atom. The number of carbonyl (C=O) groups excluding carboxylic acids is 3. The molecule has 0 N–H and O–H groups in total. The van der Waals surface area contributed by atoms with Crippen LogP contribution in [0.3, 0.4) is 0 Å². The zero-order valence-corrected chi connectivity index (χ0v) is 22.5. The van der Waals surface area contributed by atoms with E-state index in [4.69, 9.17) is 23.2 Å². The van der Waals surface area contributed by atoms with Crippen LogP contribution in [0.5, 0.6) is 0 Å². The first-order valence-corrected chi connectivity index (χ1v) is 13.3. The molecule has 2 aliphatic carbocycles. The summed E-state index contributed by atoms with van der Waals surface area (Å²) in [5.74, 6) is -2.76. The van der Waals surface area contributed by atoms with Crippen molar-refractivity contribution in [2.45, 2.75) is 22.6 Å². The van der Waals surface area contributed by atoms with Crippen molar-refractivity contribution in [3.8, 4) is 0 Å². The molecule has 0 spiro atoms. The van der Waals surface area contributed by atoms with Crippen LogP contribution < -0.4 is 0 Å². The van der Waals surface area contributed by atoms with Crippen LogP contribution in [0.25, 0.3) is 0 Å². The van der Waals surface area contributed by atoms with E-state index in [1.807, 2.05) is 0 Å². The van der Waals surface area contributed by atoms with Crippen LogP contribution >= 0.6 is 55.1 Å². The van der Waals surface area contributed by atoms with E-state index in [9.17, 15) is 24.5 Å². The lowest BCUT2D eigenvalue weighted by Crippen LogP contribution is -2.50. The van der Waals surface area contributed by atoms with E-state index in [-0.39, 0.29) is 44.3 Å². The maximum absolute atomic E-state index is 13.7. The smallest absolute Gasteiger partial charge is 0.272 e. The highest BCUT2D eigenvalue weighted by atomic mass is 79.9. The lowest BCUT2D eigenvalue weighted by atomic mass is 9.81. The highest BCUT2D eigenvalue weighted by Gasteiger charge is 2.67. The topological polar surface area (TPSA) is 101 Å². The fraction of sp³-hybridized carbons (Fsp3) is 0.348. The molecule has 2 bridgehead atoms. The number of hydrazine groups is 1. The van der Waals surface area contributed by atoms with Crippen LogP contribution in [-0.2, 0) is 16.1 Å². The molecule has 35 heavy (non-hydrogen) atoms. The second-order valence-corrected chi connectivity index (χ2v) is 11.9. The normalized spacial score (nSPS) is 29.0. The Kier molecular flexibility index (Phi) is 6.44. The molecular formula is C23H17Br2Cl2N3O5. The number of halogens is 4. The number of amides is 3. The molecule has 0 unspecified atom stereocenters. The standard InChI is InChI=1S/C23H17Br2Cl2N3O5/c24-19-14-8-15(20(19)25)18-17(14)22(32)29(23(18)33)28(9-11-4-5-12(26)7-16(11)27)21(31)10-2-1-3-13(6-10)30(34)35/h1-7,14-15,17-20H,8-9H2/t14-,15-,17-,18-,19+,20+/m1/s1. The van der Waals surface area contributed by atoms with Crippen molar-refractivity contribution >= 4 is 78.5 Å². The molecule has 1 heterocycles. The molecule has 3 aliphatic rings. The second-order valence-electron chi connectivity index (χ2n) is 8.90. The summed E-state index contributed by atoms with van der Waals surface area (Å²) in [4.78, 5) is 51.7. The quantitative estimate of drug-likeness (QED) is 0.192. The average Bonchev–Trinajstić information content (AvgIpc) is 3.43. The molecule has 6 atom stereocenters. The molecule has 12 heteroatoms. The number of nitro benzene ring substituents is 1. The van der Waals surface area contributed by atoms with Gasteiger partial charge in [-0.3, -0.25) is 24.5 Å². The second kappa shape index (κ2) is 9.14. The summed E-state index contributed by atoms with van der Waals surface area (Å²) in [5, 5.41) is 13.9. The molecule has 182 valence electrons. The number of non-ortho nitro benzene ring substituents is 1. The molecule has 0 aromatic heterocycles. The summed E-state index contributed by atoms with van der Waals surface area (Å²) < 4.78 is 0. The summed E-state index contributed by atoms with van der Waals surface area (Å²) in [7, 11) is 0. The number of hydrogen-bond acceptors (Lipinski definition) is 5. The summed E-state index contributed by atoms with van der Waals surface area (Å²) in [6.45, 7) is -0.195. The van der Waals surface area contributed by atoms with Gasteiger partial charge in [0, 0.05) is 37.4 Å². The monoisotopic (exact) mass is 643 g/mol. The van der Waals surface area contributed by atoms with Gasteiger partial charge >= 0.3 is 0 Å². The molecule has 8 nitrogen and oxygen atoms in total. The first-order chi connectivity index (χ1) is 16.6. The van der Waals surface area contributed by atoms with Crippen molar-refractivity contribution in [2.24, 2.45) is 23.7 Å². The van der Waals surface area contributed by atoms with E-state index in [0.29, 0.717) is 10.6 Å². The highest BCUT2D eigenvalue weighted by molar-refractivity contribution is 9.12. The number of nitro groups is 1. The lowest BCUT2D eigenvalue weighted by molar-refractivity contribution is -0.384. The van der Waals surface area contributed by atoms with Gasteiger partial charge in [0.05, 0.1) is 23.3 Å². The molecule has 2 saturated carbocycles. The predicted molar refractivity (Wildman–Crippen MR) is 135 cm³/mol. The van der Waals surface area contributed by atoms with Gasteiger partial charge in [-0.25, -0.2) is 5.01 Å². The number of carbonyl (C=O) groups is 3. The maximum atomic E-state index is 13.7. The summed E-state index contributed by atoms with van der Waals surface area (Å²) in [6.07, 6.45) is 0.744. The van der Waals surface area contributed by atoms with Crippen LogP contribution in [0.4, 0.5) is 5.69 Å². The molecule has 0 radical (unpaired) electrons. The van der Waals surface area contributed by atoms with Crippen molar-refractivity contribution in [3.63, 3.8) is 0 Å². The van der Waals surface area contributed by atoms with Gasteiger partial charge in [0.2, 0.25) is 0 Å². The Morgan fingerprint density at radius 1 is 1.06 bits per heavy atom. The SMILES string of the molecule is O=C(c1cccc([N+](=O)[O-])c1)N(Cc1ccc(Cl)cc1Cl)N1C(=O)[C@@H]2[C@H]3C[C@@H]([C@H](Br)[C@H]3Br)[C@H]2C1=O. The number of hydrogen-bond donors (Lipinski definition) is 0. The zero-order valence-electron chi connectivity index (χ0n) is 17.8. The van der Waals surface area contributed by atoms with Crippen molar-refractivity contribution in [1.82, 2.24) is 10.0 Å². The number of fused-ring (bicyclic) bond motifs is 5. The zero-order chi connectivity index (χ0) is 25.2. The summed E-state index contributed by atoms with van der Waals surface area (Å²) >= 11 is 19.7. The largest absolute Gasteiger partial charge is 0.273 e. The predicted octanol–water partition coefficient (Wildman–Crippen LogP) is 5.24. The van der Waals surface area contributed by atoms with Crippen molar-refractivity contribution in [1.29, 1.82) is 0 Å². The molecule has 1 aliphatic heterocycles. The molecule has 2 aromatic carbocycles. The molecule has 1 saturated heterocycles. The van der Waals surface area contributed by atoms with Gasteiger partial charge in [-0.1, -0.05) is 67.2 Å². The third-order valence-corrected chi connectivity index (χ3v) is 10.9. The number of benzene rings is 2. The van der Waals surface area contributed by atoms with E-state index < -0.39 is 34.5 Å². The van der Waals surface area contributed by atoms with Gasteiger partial charge in [-0.05, 0) is 42.0 Å². The van der Waals surface area contributed by atoms with Gasteiger partial charge in [-0.15, -0.1) is 0 Å². The van der Waals surface area contributed by atoms with Gasteiger partial charge in [0.1, 0.15) is 0 Å². The number of imide groups is 1. The first kappa shape index (κ1) is 24.7. The van der Waals surface area contributed by atoms with E-state index in [1.54, 1.807) is 12.1 Å². The minimum atomic E-state index is -0.723. The Labute approximate surface area is 226 Å². The fourth-order valence-corrected chi connectivity index (χ4v) is 7.86. The van der Waals surface area contributed by atoms with Crippen LogP contribution in [0.2, 0.25) is 10.0 Å². The highest BCUT2D eigenvalue weighted by Crippen LogP contribution is 2.60. The number of rotatable bonds is 5. The van der Waals surface area contributed by atoms with Gasteiger partial charge in [0.15, 0.2) is 0 Å². The van der Waals surface area contributed by atoms with Crippen molar-refractivity contribution < 1.29 is 19.3 Å². The Balaban J connectivity index is 1.56. The lowest BCUT2D eigenvalue weighted by Gasteiger charge is -2.31. The van der Waals surface area contributed by atoms with Gasteiger partial charge in [-0.2, -0.15) is 5.01 Å². The van der Waals surface area contributed by atoms with E-state index >= 15 is 0 Å².